The van der Waals surface area contributed by atoms with Crippen LogP contribution in [0.2, 0.25) is 10.0 Å². The number of carbonyl (C=O) groups is 1. The molecule has 1 aromatic carbocycles. The number of nitrogen functional groups attached to an aromatic ring is 1. The maximum absolute atomic E-state index is 10.9. The molecule has 0 saturated heterocycles. The van der Waals surface area contributed by atoms with Crippen molar-refractivity contribution in [2.45, 2.75) is 0 Å². The number of carboxylic acids is 1. The number of aromatic carboxylic acids is 1. The topological polar surface area (TPSA) is 63.3 Å². The molecule has 0 unspecified atom stereocenters. The minimum Gasteiger partial charge on any atom is -0.477 e. The second-order valence-electron chi connectivity index (χ2n) is 3.36. The summed E-state index contributed by atoms with van der Waals surface area (Å²) in [4.78, 5) is 11.7. The van der Waals surface area contributed by atoms with E-state index in [1.165, 1.54) is 0 Å². The van der Waals surface area contributed by atoms with E-state index in [0.29, 0.717) is 10.0 Å². The molecule has 3 N–H and O–H groups in total. The first-order valence-electron chi connectivity index (χ1n) is 4.56. The number of anilines is 1. The fourth-order valence-electron chi connectivity index (χ4n) is 1.41. The van der Waals surface area contributed by atoms with E-state index in [1.807, 2.05) is 0 Å². The molecule has 0 fully saturated rings. The highest BCUT2D eigenvalue weighted by Gasteiger charge is 2.14. The normalized spacial score (nSPS) is 10.5. The molecule has 17 heavy (non-hydrogen) atoms. The third kappa shape index (κ3) is 2.54. The Morgan fingerprint density at radius 2 is 1.76 bits per heavy atom. The lowest BCUT2D eigenvalue weighted by Crippen LogP contribution is -1.96. The lowest BCUT2D eigenvalue weighted by molar-refractivity contribution is 0.0703. The average Bonchev–Trinajstić information content (AvgIpc) is 2.59. The van der Waals surface area contributed by atoms with Gasteiger partial charge in [0.05, 0.1) is 5.69 Å². The smallest absolute Gasteiger partial charge is 0.348 e. The first-order chi connectivity index (χ1) is 7.97. The molecule has 1 heterocycles. The number of benzene rings is 1. The number of hydrogen-bond acceptors (Lipinski definition) is 3. The van der Waals surface area contributed by atoms with E-state index in [9.17, 15) is 4.79 Å². The number of hydrogen-bond donors (Lipinski definition) is 2. The SMILES string of the molecule is Nc1cc(-c2cc(Cl)cc(Cl)c2)sc1C(=O)O. The Labute approximate surface area is 111 Å². The van der Waals surface area contributed by atoms with Crippen LogP contribution in [0.4, 0.5) is 5.69 Å². The molecule has 0 aliphatic heterocycles. The van der Waals surface area contributed by atoms with Crippen molar-refractivity contribution in [3.63, 3.8) is 0 Å². The van der Waals surface area contributed by atoms with E-state index in [4.69, 9.17) is 34.0 Å². The van der Waals surface area contributed by atoms with Gasteiger partial charge in [-0.05, 0) is 29.8 Å². The largest absolute Gasteiger partial charge is 0.477 e. The number of thiophene rings is 1. The van der Waals surface area contributed by atoms with E-state index in [-0.39, 0.29) is 10.6 Å². The minimum absolute atomic E-state index is 0.121. The van der Waals surface area contributed by atoms with Gasteiger partial charge in [0.1, 0.15) is 4.88 Å². The molecule has 2 aromatic rings. The number of rotatable bonds is 2. The van der Waals surface area contributed by atoms with Gasteiger partial charge in [-0.2, -0.15) is 0 Å². The maximum Gasteiger partial charge on any atom is 0.348 e. The highest BCUT2D eigenvalue weighted by atomic mass is 35.5. The minimum atomic E-state index is -1.04. The Morgan fingerprint density at radius 3 is 2.24 bits per heavy atom. The van der Waals surface area contributed by atoms with Gasteiger partial charge in [-0.1, -0.05) is 23.2 Å². The summed E-state index contributed by atoms with van der Waals surface area (Å²) >= 11 is 12.9. The second-order valence-corrected chi connectivity index (χ2v) is 5.28. The summed E-state index contributed by atoms with van der Waals surface area (Å²) in [5, 5.41) is 9.91. The van der Waals surface area contributed by atoms with Crippen molar-refractivity contribution in [2.24, 2.45) is 0 Å². The van der Waals surface area contributed by atoms with Crippen LogP contribution >= 0.6 is 34.5 Å². The molecule has 0 aliphatic carbocycles. The quantitative estimate of drug-likeness (QED) is 0.877. The van der Waals surface area contributed by atoms with Crippen molar-refractivity contribution >= 4 is 46.2 Å². The highest BCUT2D eigenvalue weighted by Crippen LogP contribution is 2.35. The highest BCUT2D eigenvalue weighted by molar-refractivity contribution is 7.17. The molecule has 0 aliphatic rings. The maximum atomic E-state index is 10.9. The predicted octanol–water partition coefficient (Wildman–Crippen LogP) is 4.00. The number of halogens is 2. The van der Waals surface area contributed by atoms with Crippen LogP contribution in [0.5, 0.6) is 0 Å². The van der Waals surface area contributed by atoms with Crippen molar-refractivity contribution in [3.05, 3.63) is 39.2 Å². The number of carboxylic acid groups (broad SMARTS) is 1. The van der Waals surface area contributed by atoms with Crippen LogP contribution < -0.4 is 5.73 Å². The third-order valence-electron chi connectivity index (χ3n) is 2.10. The van der Waals surface area contributed by atoms with Gasteiger partial charge in [0.25, 0.3) is 0 Å². The van der Waals surface area contributed by atoms with Crippen molar-refractivity contribution in [2.75, 3.05) is 5.73 Å². The van der Waals surface area contributed by atoms with E-state index in [1.54, 1.807) is 24.3 Å². The lowest BCUT2D eigenvalue weighted by atomic mass is 10.2. The van der Waals surface area contributed by atoms with Crippen molar-refractivity contribution in [1.82, 2.24) is 0 Å². The van der Waals surface area contributed by atoms with Crippen LogP contribution in [-0.2, 0) is 0 Å². The molecule has 0 atom stereocenters. The Morgan fingerprint density at radius 1 is 1.18 bits per heavy atom. The van der Waals surface area contributed by atoms with Gasteiger partial charge in [-0.3, -0.25) is 0 Å². The molecule has 0 bridgehead atoms. The molecule has 2 rings (SSSR count). The molecule has 1 aromatic heterocycles. The van der Waals surface area contributed by atoms with Gasteiger partial charge in [-0.15, -0.1) is 11.3 Å². The molecular formula is C11H7Cl2NO2S. The molecular weight excluding hydrogens is 281 g/mol. The Bertz CT molecular complexity index is 575. The first kappa shape index (κ1) is 12.2. The standard InChI is InChI=1S/C11H7Cl2NO2S/c12-6-1-5(2-7(13)3-6)9-4-8(14)10(17-9)11(15)16/h1-4H,14H2,(H,15,16). The van der Waals surface area contributed by atoms with Crippen LogP contribution in [0.3, 0.4) is 0 Å². The van der Waals surface area contributed by atoms with Crippen molar-refractivity contribution in [3.8, 4) is 10.4 Å². The van der Waals surface area contributed by atoms with Crippen LogP contribution in [0, 0.1) is 0 Å². The summed E-state index contributed by atoms with van der Waals surface area (Å²) in [7, 11) is 0. The van der Waals surface area contributed by atoms with Gasteiger partial charge >= 0.3 is 5.97 Å². The Hall–Kier alpha value is -1.23. The van der Waals surface area contributed by atoms with E-state index in [2.05, 4.69) is 0 Å². The van der Waals surface area contributed by atoms with Crippen LogP contribution in [0.1, 0.15) is 9.67 Å². The average molecular weight is 288 g/mol. The lowest BCUT2D eigenvalue weighted by Gasteiger charge is -1.99. The summed E-state index contributed by atoms with van der Waals surface area (Å²) in [6, 6.07) is 6.65. The zero-order valence-electron chi connectivity index (χ0n) is 8.41. The fraction of sp³-hybridized carbons (Fsp3) is 0. The molecule has 0 radical (unpaired) electrons. The predicted molar refractivity (Wildman–Crippen MR) is 71.1 cm³/mol. The van der Waals surface area contributed by atoms with Crippen molar-refractivity contribution in [1.29, 1.82) is 0 Å². The zero-order chi connectivity index (χ0) is 12.6. The Balaban J connectivity index is 2.53. The summed E-state index contributed by atoms with van der Waals surface area (Å²) < 4.78 is 0. The molecule has 0 spiro atoms. The Kier molecular flexibility index (Phi) is 3.28. The van der Waals surface area contributed by atoms with Gasteiger partial charge in [0.2, 0.25) is 0 Å². The second kappa shape index (κ2) is 4.56. The van der Waals surface area contributed by atoms with Gasteiger partial charge in [-0.25, -0.2) is 4.79 Å². The molecule has 0 amide bonds. The fourth-order valence-corrected chi connectivity index (χ4v) is 2.84. The number of nitrogens with two attached hydrogens (primary N) is 1. The van der Waals surface area contributed by atoms with Gasteiger partial charge < -0.3 is 10.8 Å². The molecule has 3 nitrogen and oxygen atoms in total. The van der Waals surface area contributed by atoms with E-state index >= 15 is 0 Å². The summed E-state index contributed by atoms with van der Waals surface area (Å²) in [5.41, 5.74) is 6.62. The van der Waals surface area contributed by atoms with E-state index in [0.717, 1.165) is 21.8 Å². The zero-order valence-corrected chi connectivity index (χ0v) is 10.7. The monoisotopic (exact) mass is 287 g/mol. The summed E-state index contributed by atoms with van der Waals surface area (Å²) in [5.74, 6) is -1.04. The first-order valence-corrected chi connectivity index (χ1v) is 6.13. The molecule has 6 heteroatoms. The van der Waals surface area contributed by atoms with Crippen molar-refractivity contribution < 1.29 is 9.90 Å². The van der Waals surface area contributed by atoms with Crippen LogP contribution in [0.25, 0.3) is 10.4 Å². The molecule has 0 saturated carbocycles. The van der Waals surface area contributed by atoms with Gasteiger partial charge in [0.15, 0.2) is 0 Å². The van der Waals surface area contributed by atoms with E-state index < -0.39 is 5.97 Å². The van der Waals surface area contributed by atoms with Crippen LogP contribution in [0.15, 0.2) is 24.3 Å². The molecule has 88 valence electrons. The summed E-state index contributed by atoms with van der Waals surface area (Å²) in [6.07, 6.45) is 0. The van der Waals surface area contributed by atoms with Gasteiger partial charge in [0, 0.05) is 14.9 Å². The third-order valence-corrected chi connectivity index (χ3v) is 3.73. The summed E-state index contributed by atoms with van der Waals surface area (Å²) in [6.45, 7) is 0. The van der Waals surface area contributed by atoms with Crippen LogP contribution in [-0.4, -0.2) is 11.1 Å².